The molecule has 3 aromatic rings. The van der Waals surface area contributed by atoms with Crippen molar-refractivity contribution in [1.82, 2.24) is 9.97 Å². The zero-order valence-corrected chi connectivity index (χ0v) is 15.5. The number of carbonyl (C=O) groups is 1. The van der Waals surface area contributed by atoms with Crippen molar-refractivity contribution in [1.29, 1.82) is 0 Å². The number of benzene rings is 1. The lowest BCUT2D eigenvalue weighted by atomic mass is 10.1. The van der Waals surface area contributed by atoms with Crippen LogP contribution in [0.3, 0.4) is 0 Å². The number of ether oxygens (including phenoxy) is 1. The molecule has 5 nitrogen and oxygen atoms in total. The molecule has 0 amide bonds. The summed E-state index contributed by atoms with van der Waals surface area (Å²) in [5, 5.41) is 9.14. The van der Waals surface area contributed by atoms with Crippen LogP contribution in [-0.2, 0) is 0 Å². The second kappa shape index (κ2) is 7.93. The normalized spacial score (nSPS) is 10.8. The topological polar surface area (TPSA) is 72.3 Å². The van der Waals surface area contributed by atoms with E-state index in [9.17, 15) is 4.79 Å². The molecular formula is C20H15BrN2O3. The third-order valence-corrected chi connectivity index (χ3v) is 4.08. The number of rotatable bonds is 5. The summed E-state index contributed by atoms with van der Waals surface area (Å²) in [5.74, 6) is -0.191. The van der Waals surface area contributed by atoms with Crippen molar-refractivity contribution in [3.63, 3.8) is 0 Å². The van der Waals surface area contributed by atoms with E-state index in [1.807, 2.05) is 48.6 Å². The summed E-state index contributed by atoms with van der Waals surface area (Å²) in [6.07, 6.45) is 5.40. The first-order valence-electron chi connectivity index (χ1n) is 7.74. The van der Waals surface area contributed by atoms with Crippen molar-refractivity contribution >= 4 is 34.1 Å². The number of aromatic carboxylic acids is 1. The summed E-state index contributed by atoms with van der Waals surface area (Å²) >= 11 is 3.40. The van der Waals surface area contributed by atoms with E-state index in [0.717, 1.165) is 16.9 Å². The molecule has 6 heteroatoms. The van der Waals surface area contributed by atoms with Crippen LogP contribution < -0.4 is 4.74 Å². The number of carboxylic acids is 1. The third-order valence-electron chi connectivity index (χ3n) is 3.67. The van der Waals surface area contributed by atoms with Crippen molar-refractivity contribution in [3.8, 4) is 17.1 Å². The van der Waals surface area contributed by atoms with Gasteiger partial charge in [-0.05, 0) is 63.5 Å². The minimum atomic E-state index is -0.997. The first kappa shape index (κ1) is 17.8. The monoisotopic (exact) mass is 410 g/mol. The zero-order valence-electron chi connectivity index (χ0n) is 13.9. The Bertz CT molecular complexity index is 969. The molecule has 0 aliphatic rings. The number of methoxy groups -OCH3 is 1. The molecule has 0 saturated heterocycles. The minimum absolute atomic E-state index is 0.173. The summed E-state index contributed by atoms with van der Waals surface area (Å²) in [5.41, 5.74) is 3.22. The van der Waals surface area contributed by atoms with Crippen molar-refractivity contribution < 1.29 is 14.6 Å². The maximum atomic E-state index is 11.1. The van der Waals surface area contributed by atoms with Crippen molar-refractivity contribution in [3.05, 3.63) is 76.0 Å². The standard InChI is InChI=1S/C20H15BrN2O3/c1-26-16-6-4-13(5-7-16)2-3-14-10-18(23-19(21)11-14)17-12-15(20(24)25)8-9-22-17/h2-12H,1H3,(H,24,25)/b3-2+. The molecule has 0 unspecified atom stereocenters. The highest BCUT2D eigenvalue weighted by Gasteiger charge is 2.08. The Morgan fingerprint density at radius 3 is 2.46 bits per heavy atom. The third kappa shape index (κ3) is 4.34. The molecule has 0 fully saturated rings. The van der Waals surface area contributed by atoms with Crippen molar-refractivity contribution in [2.24, 2.45) is 0 Å². The molecular weight excluding hydrogens is 396 g/mol. The Balaban J connectivity index is 1.91. The fourth-order valence-corrected chi connectivity index (χ4v) is 2.81. The number of halogens is 1. The molecule has 0 aliphatic heterocycles. The van der Waals surface area contributed by atoms with Gasteiger partial charge in [-0.3, -0.25) is 4.98 Å². The zero-order chi connectivity index (χ0) is 18.5. The van der Waals surface area contributed by atoms with Gasteiger partial charge in [0.05, 0.1) is 24.1 Å². The molecule has 0 bridgehead atoms. The van der Waals surface area contributed by atoms with E-state index >= 15 is 0 Å². The highest BCUT2D eigenvalue weighted by atomic mass is 79.9. The average molecular weight is 411 g/mol. The summed E-state index contributed by atoms with van der Waals surface area (Å²) < 4.78 is 5.80. The van der Waals surface area contributed by atoms with Crippen LogP contribution >= 0.6 is 15.9 Å². The molecule has 1 N–H and O–H groups in total. The predicted molar refractivity (Wildman–Crippen MR) is 104 cm³/mol. The van der Waals surface area contributed by atoms with Gasteiger partial charge in [-0.2, -0.15) is 0 Å². The van der Waals surface area contributed by atoms with Crippen LogP contribution in [0, 0.1) is 0 Å². The Morgan fingerprint density at radius 2 is 1.77 bits per heavy atom. The number of hydrogen-bond donors (Lipinski definition) is 1. The Kier molecular flexibility index (Phi) is 5.43. The Hall–Kier alpha value is -2.99. The van der Waals surface area contributed by atoms with Crippen molar-refractivity contribution in [2.75, 3.05) is 7.11 Å². The number of pyridine rings is 2. The summed E-state index contributed by atoms with van der Waals surface area (Å²) in [7, 11) is 1.63. The lowest BCUT2D eigenvalue weighted by Crippen LogP contribution is -1.98. The number of aromatic nitrogens is 2. The summed E-state index contributed by atoms with van der Waals surface area (Å²) in [6, 6.07) is 14.4. The molecule has 0 saturated carbocycles. The highest BCUT2D eigenvalue weighted by Crippen LogP contribution is 2.22. The lowest BCUT2D eigenvalue weighted by molar-refractivity contribution is 0.0697. The van der Waals surface area contributed by atoms with Crippen LogP contribution in [0.1, 0.15) is 21.5 Å². The molecule has 26 heavy (non-hydrogen) atoms. The van der Waals surface area contributed by atoms with Gasteiger partial charge in [-0.25, -0.2) is 9.78 Å². The quantitative estimate of drug-likeness (QED) is 0.612. The molecule has 2 heterocycles. The van der Waals surface area contributed by atoms with E-state index in [4.69, 9.17) is 9.84 Å². The van der Waals surface area contributed by atoms with Crippen LogP contribution in [-0.4, -0.2) is 28.2 Å². The molecule has 0 aliphatic carbocycles. The van der Waals surface area contributed by atoms with Gasteiger partial charge in [0.1, 0.15) is 10.4 Å². The van der Waals surface area contributed by atoms with E-state index in [0.29, 0.717) is 16.0 Å². The Morgan fingerprint density at radius 1 is 1.04 bits per heavy atom. The van der Waals surface area contributed by atoms with Gasteiger partial charge in [0.15, 0.2) is 0 Å². The molecule has 130 valence electrons. The first-order chi connectivity index (χ1) is 12.5. The molecule has 2 aromatic heterocycles. The van der Waals surface area contributed by atoms with Crippen LogP contribution in [0.5, 0.6) is 5.75 Å². The van der Waals surface area contributed by atoms with E-state index < -0.39 is 5.97 Å². The molecule has 3 rings (SSSR count). The fraction of sp³-hybridized carbons (Fsp3) is 0.0500. The number of nitrogens with zero attached hydrogens (tertiary/aromatic N) is 2. The SMILES string of the molecule is COc1ccc(/C=C/c2cc(Br)nc(-c3cc(C(=O)O)ccn3)c2)cc1. The van der Waals surface area contributed by atoms with E-state index in [1.165, 1.54) is 18.3 Å². The predicted octanol–water partition coefficient (Wildman–Crippen LogP) is 4.78. The van der Waals surface area contributed by atoms with E-state index in [2.05, 4.69) is 25.9 Å². The fourth-order valence-electron chi connectivity index (χ4n) is 2.36. The minimum Gasteiger partial charge on any atom is -0.497 e. The first-order valence-corrected chi connectivity index (χ1v) is 8.54. The molecule has 0 spiro atoms. The number of carboxylic acid groups (broad SMARTS) is 1. The summed E-state index contributed by atoms with van der Waals surface area (Å²) in [4.78, 5) is 19.8. The van der Waals surface area contributed by atoms with Crippen molar-refractivity contribution in [2.45, 2.75) is 0 Å². The van der Waals surface area contributed by atoms with Gasteiger partial charge in [0.2, 0.25) is 0 Å². The maximum Gasteiger partial charge on any atom is 0.335 e. The van der Waals surface area contributed by atoms with Gasteiger partial charge in [0, 0.05) is 6.20 Å². The highest BCUT2D eigenvalue weighted by molar-refractivity contribution is 9.10. The van der Waals surface area contributed by atoms with E-state index in [1.54, 1.807) is 7.11 Å². The molecule has 1 aromatic carbocycles. The average Bonchev–Trinajstić information content (AvgIpc) is 2.66. The smallest absolute Gasteiger partial charge is 0.335 e. The second-order valence-corrected chi connectivity index (χ2v) is 6.26. The lowest BCUT2D eigenvalue weighted by Gasteiger charge is -2.04. The summed E-state index contributed by atoms with van der Waals surface area (Å²) in [6.45, 7) is 0. The van der Waals surface area contributed by atoms with Gasteiger partial charge < -0.3 is 9.84 Å². The van der Waals surface area contributed by atoms with Crippen LogP contribution in [0.15, 0.2) is 59.3 Å². The number of hydrogen-bond acceptors (Lipinski definition) is 4. The van der Waals surface area contributed by atoms with Gasteiger partial charge in [-0.15, -0.1) is 0 Å². The Labute approximate surface area is 159 Å². The van der Waals surface area contributed by atoms with Gasteiger partial charge in [-0.1, -0.05) is 24.3 Å². The van der Waals surface area contributed by atoms with Crippen LogP contribution in [0.4, 0.5) is 0 Å². The van der Waals surface area contributed by atoms with Crippen LogP contribution in [0.25, 0.3) is 23.5 Å². The maximum absolute atomic E-state index is 11.1. The van der Waals surface area contributed by atoms with Gasteiger partial charge in [0.25, 0.3) is 0 Å². The largest absolute Gasteiger partial charge is 0.497 e. The second-order valence-electron chi connectivity index (χ2n) is 5.45. The molecule has 0 radical (unpaired) electrons. The van der Waals surface area contributed by atoms with Gasteiger partial charge >= 0.3 is 5.97 Å². The van der Waals surface area contributed by atoms with Crippen LogP contribution in [0.2, 0.25) is 0 Å². The van der Waals surface area contributed by atoms with E-state index in [-0.39, 0.29) is 5.56 Å². The molecule has 0 atom stereocenters.